The van der Waals surface area contributed by atoms with Gasteiger partial charge in [-0.15, -0.1) is 0 Å². The Bertz CT molecular complexity index is 797. The van der Waals surface area contributed by atoms with Gasteiger partial charge in [0.15, 0.2) is 0 Å². The Hall–Kier alpha value is -2.22. The van der Waals surface area contributed by atoms with Gasteiger partial charge >= 0.3 is 0 Å². The van der Waals surface area contributed by atoms with Crippen molar-refractivity contribution in [3.63, 3.8) is 0 Å². The topological polar surface area (TPSA) is 89.1 Å². The van der Waals surface area contributed by atoms with E-state index in [0.717, 1.165) is 6.26 Å². The maximum absolute atomic E-state index is 13.9. The van der Waals surface area contributed by atoms with Crippen LogP contribution in [0.2, 0.25) is 0 Å². The van der Waals surface area contributed by atoms with Crippen molar-refractivity contribution in [2.24, 2.45) is 0 Å². The lowest BCUT2D eigenvalue weighted by molar-refractivity contribution is 0.415. The number of hydrogen-bond donors (Lipinski definition) is 1. The predicted molar refractivity (Wildman–Crippen MR) is 69.9 cm³/mol. The molecule has 1 aromatic carbocycles. The molecular weight excluding hydrogens is 287 g/mol. The van der Waals surface area contributed by atoms with Gasteiger partial charge in [0.25, 0.3) is 5.56 Å². The molecule has 0 spiro atoms. The van der Waals surface area contributed by atoms with Crippen molar-refractivity contribution in [2.45, 2.75) is 5.16 Å². The number of sulfone groups is 1. The molecule has 0 aliphatic heterocycles. The Kier molecular flexibility index (Phi) is 3.58. The fourth-order valence-corrected chi connectivity index (χ4v) is 2.13. The van der Waals surface area contributed by atoms with Gasteiger partial charge in [-0.2, -0.15) is 9.37 Å². The van der Waals surface area contributed by atoms with Crippen molar-refractivity contribution in [3.05, 3.63) is 40.6 Å². The van der Waals surface area contributed by atoms with Crippen molar-refractivity contribution in [1.82, 2.24) is 9.97 Å². The van der Waals surface area contributed by atoms with E-state index in [1.54, 1.807) is 12.1 Å². The predicted octanol–water partition coefficient (Wildman–Crippen LogP) is 0.988. The van der Waals surface area contributed by atoms with Gasteiger partial charge in [-0.05, 0) is 17.7 Å². The fourth-order valence-electron chi connectivity index (χ4n) is 1.61. The van der Waals surface area contributed by atoms with Crippen LogP contribution in [-0.4, -0.2) is 31.8 Å². The molecule has 2 rings (SSSR count). The Morgan fingerprint density at radius 2 is 1.85 bits per heavy atom. The number of H-pyrrole nitrogens is 1. The zero-order valence-corrected chi connectivity index (χ0v) is 11.5. The first-order chi connectivity index (χ1) is 9.32. The summed E-state index contributed by atoms with van der Waals surface area (Å²) in [6, 6.07) is 6.07. The van der Waals surface area contributed by atoms with E-state index in [4.69, 9.17) is 4.74 Å². The Morgan fingerprint density at radius 1 is 1.25 bits per heavy atom. The number of aromatic nitrogens is 2. The first kappa shape index (κ1) is 14.2. The summed E-state index contributed by atoms with van der Waals surface area (Å²) in [7, 11) is -2.31. The third-order valence-corrected chi connectivity index (χ3v) is 3.48. The molecule has 0 amide bonds. The summed E-state index contributed by atoms with van der Waals surface area (Å²) in [4.78, 5) is 17.2. The van der Waals surface area contributed by atoms with Crippen LogP contribution in [0.1, 0.15) is 0 Å². The van der Waals surface area contributed by atoms with E-state index in [1.165, 1.54) is 19.2 Å². The molecule has 8 heteroatoms. The lowest BCUT2D eigenvalue weighted by Gasteiger charge is -2.05. The zero-order valence-electron chi connectivity index (χ0n) is 10.7. The standard InChI is InChI=1S/C12H11FN2O4S/c1-19-8-5-3-7(4-6-8)9-10(13)14-12(15-11(9)16)20(2,17)18/h3-6H,1-2H3,(H,14,15,16). The maximum Gasteiger partial charge on any atom is 0.262 e. The van der Waals surface area contributed by atoms with Crippen LogP contribution in [0, 0.1) is 5.95 Å². The van der Waals surface area contributed by atoms with E-state index in [2.05, 4.69) is 9.97 Å². The van der Waals surface area contributed by atoms with Gasteiger partial charge in [-0.1, -0.05) is 12.1 Å². The average Bonchev–Trinajstić information content (AvgIpc) is 2.37. The highest BCUT2D eigenvalue weighted by molar-refractivity contribution is 7.90. The summed E-state index contributed by atoms with van der Waals surface area (Å²) in [5, 5.41) is -0.697. The highest BCUT2D eigenvalue weighted by Crippen LogP contribution is 2.21. The fraction of sp³-hybridized carbons (Fsp3) is 0.167. The summed E-state index contributed by atoms with van der Waals surface area (Å²) < 4.78 is 41.3. The molecule has 20 heavy (non-hydrogen) atoms. The Labute approximate surface area is 114 Å². The molecule has 0 radical (unpaired) electrons. The van der Waals surface area contributed by atoms with E-state index in [-0.39, 0.29) is 11.1 Å². The van der Waals surface area contributed by atoms with E-state index < -0.39 is 26.5 Å². The lowest BCUT2D eigenvalue weighted by Crippen LogP contribution is -2.19. The zero-order chi connectivity index (χ0) is 14.9. The molecule has 0 unspecified atom stereocenters. The summed E-state index contributed by atoms with van der Waals surface area (Å²) in [6.07, 6.45) is 0.831. The first-order valence-corrected chi connectivity index (χ1v) is 7.36. The van der Waals surface area contributed by atoms with Crippen LogP contribution >= 0.6 is 0 Å². The summed E-state index contributed by atoms with van der Waals surface area (Å²) in [6.45, 7) is 0. The third-order valence-electron chi connectivity index (χ3n) is 2.58. The van der Waals surface area contributed by atoms with Crippen LogP contribution in [0.25, 0.3) is 11.1 Å². The van der Waals surface area contributed by atoms with Crippen molar-refractivity contribution >= 4 is 9.84 Å². The molecule has 0 atom stereocenters. The highest BCUT2D eigenvalue weighted by atomic mass is 32.2. The van der Waals surface area contributed by atoms with Crippen molar-refractivity contribution < 1.29 is 17.5 Å². The number of rotatable bonds is 3. The molecule has 1 heterocycles. The SMILES string of the molecule is COc1ccc(-c2c(F)nc(S(C)(=O)=O)[nH]c2=O)cc1. The van der Waals surface area contributed by atoms with E-state index in [9.17, 15) is 17.6 Å². The van der Waals surface area contributed by atoms with Gasteiger partial charge in [0.05, 0.1) is 7.11 Å². The van der Waals surface area contributed by atoms with Gasteiger partial charge < -0.3 is 4.74 Å². The molecule has 6 nitrogen and oxygen atoms in total. The average molecular weight is 298 g/mol. The number of nitrogens with zero attached hydrogens (tertiary/aromatic N) is 1. The van der Waals surface area contributed by atoms with Gasteiger partial charge in [0, 0.05) is 6.26 Å². The largest absolute Gasteiger partial charge is 0.497 e. The number of halogens is 1. The van der Waals surface area contributed by atoms with Crippen molar-refractivity contribution in [1.29, 1.82) is 0 Å². The summed E-state index contributed by atoms with van der Waals surface area (Å²) in [5.41, 5.74) is -0.903. The molecular formula is C12H11FN2O4S. The lowest BCUT2D eigenvalue weighted by atomic mass is 10.1. The number of benzene rings is 1. The summed E-state index contributed by atoms with van der Waals surface area (Å²) in [5.74, 6) is -0.592. The van der Waals surface area contributed by atoms with Crippen LogP contribution in [0.15, 0.2) is 34.2 Å². The Balaban J connectivity index is 2.61. The maximum atomic E-state index is 13.9. The third kappa shape index (κ3) is 2.69. The van der Waals surface area contributed by atoms with Crippen LogP contribution in [0.3, 0.4) is 0 Å². The monoisotopic (exact) mass is 298 g/mol. The second-order valence-corrected chi connectivity index (χ2v) is 5.97. The van der Waals surface area contributed by atoms with Crippen LogP contribution in [0.5, 0.6) is 5.75 Å². The second-order valence-electron chi connectivity index (χ2n) is 4.04. The number of methoxy groups -OCH3 is 1. The highest BCUT2D eigenvalue weighted by Gasteiger charge is 2.18. The quantitative estimate of drug-likeness (QED) is 0.674. The minimum atomic E-state index is -3.78. The smallest absolute Gasteiger partial charge is 0.262 e. The minimum absolute atomic E-state index is 0.275. The molecule has 1 aromatic heterocycles. The first-order valence-electron chi connectivity index (χ1n) is 5.47. The van der Waals surface area contributed by atoms with Crippen LogP contribution < -0.4 is 10.3 Å². The van der Waals surface area contributed by atoms with Crippen molar-refractivity contribution in [3.8, 4) is 16.9 Å². The molecule has 106 valence electrons. The van der Waals surface area contributed by atoms with Gasteiger partial charge in [0.1, 0.15) is 11.3 Å². The van der Waals surface area contributed by atoms with E-state index in [0.29, 0.717) is 5.75 Å². The molecule has 0 saturated heterocycles. The normalized spacial score (nSPS) is 11.3. The second kappa shape index (κ2) is 5.04. The van der Waals surface area contributed by atoms with E-state index in [1.807, 2.05) is 0 Å². The molecule has 2 aromatic rings. The number of hydrogen-bond acceptors (Lipinski definition) is 5. The molecule has 0 aliphatic carbocycles. The minimum Gasteiger partial charge on any atom is -0.497 e. The van der Waals surface area contributed by atoms with Gasteiger partial charge in [-0.25, -0.2) is 8.42 Å². The van der Waals surface area contributed by atoms with Gasteiger partial charge in [0.2, 0.25) is 20.9 Å². The van der Waals surface area contributed by atoms with Gasteiger partial charge in [-0.3, -0.25) is 9.78 Å². The number of nitrogens with one attached hydrogen (secondary N) is 1. The number of ether oxygens (including phenoxy) is 1. The number of aromatic amines is 1. The molecule has 0 fully saturated rings. The van der Waals surface area contributed by atoms with Crippen molar-refractivity contribution in [2.75, 3.05) is 13.4 Å². The van der Waals surface area contributed by atoms with Crippen LogP contribution in [0.4, 0.5) is 4.39 Å². The molecule has 0 bridgehead atoms. The molecule has 0 saturated carbocycles. The van der Waals surface area contributed by atoms with E-state index >= 15 is 0 Å². The summed E-state index contributed by atoms with van der Waals surface area (Å²) >= 11 is 0. The van der Waals surface area contributed by atoms with Crippen LogP contribution in [-0.2, 0) is 9.84 Å². The molecule has 0 aliphatic rings. The Morgan fingerprint density at radius 3 is 2.30 bits per heavy atom. The molecule has 1 N–H and O–H groups in total.